The Labute approximate surface area is 93.6 Å². The fraction of sp³-hybridized carbons (Fsp3) is 1.00. The van der Waals surface area contributed by atoms with Crippen LogP contribution in [-0.4, -0.2) is 37.9 Å². The number of rotatable bonds is 7. The number of aliphatic hydroxyl groups excluding tert-OH is 1. The van der Waals surface area contributed by atoms with Crippen molar-refractivity contribution >= 4 is 0 Å². The summed E-state index contributed by atoms with van der Waals surface area (Å²) in [5, 5.41) is 15.8. The van der Waals surface area contributed by atoms with E-state index in [1.54, 1.807) is 0 Å². The number of piperidine rings is 1. The predicted octanol–water partition coefficient (Wildman–Crippen LogP) is 0.984. The molecule has 3 heteroatoms. The number of hydrogen-bond donors (Lipinski definition) is 3. The third-order valence-electron chi connectivity index (χ3n) is 3.19. The first-order valence-electron chi connectivity index (χ1n) is 6.35. The van der Waals surface area contributed by atoms with Crippen LogP contribution in [0.15, 0.2) is 0 Å². The third-order valence-corrected chi connectivity index (χ3v) is 3.19. The molecule has 1 heterocycles. The summed E-state index contributed by atoms with van der Waals surface area (Å²) in [5.41, 5.74) is 0. The van der Waals surface area contributed by atoms with Crippen LogP contribution in [-0.2, 0) is 0 Å². The van der Waals surface area contributed by atoms with E-state index in [-0.39, 0.29) is 0 Å². The maximum absolute atomic E-state index is 8.87. The summed E-state index contributed by atoms with van der Waals surface area (Å²) in [7, 11) is 0. The Morgan fingerprint density at radius 3 is 3.07 bits per heavy atom. The molecule has 90 valence electrons. The van der Waals surface area contributed by atoms with Crippen molar-refractivity contribution in [3.63, 3.8) is 0 Å². The predicted molar refractivity (Wildman–Crippen MR) is 63.9 cm³/mol. The topological polar surface area (TPSA) is 44.3 Å². The molecule has 1 aliphatic rings. The molecule has 1 saturated heterocycles. The molecule has 1 fully saturated rings. The van der Waals surface area contributed by atoms with Crippen LogP contribution in [0.5, 0.6) is 0 Å². The van der Waals surface area contributed by atoms with Gasteiger partial charge in [0.2, 0.25) is 0 Å². The molecule has 0 aromatic heterocycles. The van der Waals surface area contributed by atoms with Crippen molar-refractivity contribution in [2.24, 2.45) is 11.8 Å². The Morgan fingerprint density at radius 2 is 2.40 bits per heavy atom. The van der Waals surface area contributed by atoms with Gasteiger partial charge in [-0.15, -0.1) is 0 Å². The Balaban J connectivity index is 1.87. The van der Waals surface area contributed by atoms with E-state index >= 15 is 0 Å². The maximum atomic E-state index is 8.87. The molecule has 3 N–H and O–H groups in total. The summed E-state index contributed by atoms with van der Waals surface area (Å²) < 4.78 is 0. The normalized spacial score (nSPS) is 24.0. The zero-order valence-corrected chi connectivity index (χ0v) is 9.97. The van der Waals surface area contributed by atoms with Crippen LogP contribution < -0.4 is 10.6 Å². The summed E-state index contributed by atoms with van der Waals surface area (Å²) in [6.07, 6.45) is 5.01. The van der Waals surface area contributed by atoms with Crippen molar-refractivity contribution in [1.82, 2.24) is 10.6 Å². The Kier molecular flexibility index (Phi) is 6.98. The van der Waals surface area contributed by atoms with E-state index in [1.165, 1.54) is 32.4 Å². The Morgan fingerprint density at radius 1 is 1.53 bits per heavy atom. The van der Waals surface area contributed by atoms with E-state index in [2.05, 4.69) is 17.6 Å². The molecule has 1 aliphatic heterocycles. The van der Waals surface area contributed by atoms with Crippen molar-refractivity contribution in [2.45, 2.75) is 32.6 Å². The second-order valence-electron chi connectivity index (χ2n) is 4.85. The van der Waals surface area contributed by atoms with Crippen LogP contribution in [0.4, 0.5) is 0 Å². The highest BCUT2D eigenvalue weighted by atomic mass is 16.3. The maximum Gasteiger partial charge on any atom is 0.0456 e. The molecule has 0 aromatic rings. The van der Waals surface area contributed by atoms with Gasteiger partial charge in [-0.25, -0.2) is 0 Å². The van der Waals surface area contributed by atoms with Gasteiger partial charge in [-0.1, -0.05) is 6.92 Å². The van der Waals surface area contributed by atoms with Crippen molar-refractivity contribution < 1.29 is 5.11 Å². The highest BCUT2D eigenvalue weighted by Crippen LogP contribution is 2.08. The molecule has 2 unspecified atom stereocenters. The molecule has 3 nitrogen and oxygen atoms in total. The zero-order valence-electron chi connectivity index (χ0n) is 9.97. The average molecular weight is 214 g/mol. The van der Waals surface area contributed by atoms with Crippen LogP contribution in [0.25, 0.3) is 0 Å². The largest absolute Gasteiger partial charge is 0.396 e. The van der Waals surface area contributed by atoms with Crippen molar-refractivity contribution in [3.8, 4) is 0 Å². The number of hydrogen-bond acceptors (Lipinski definition) is 3. The first kappa shape index (κ1) is 12.9. The minimum absolute atomic E-state index is 0.326. The van der Waals surface area contributed by atoms with Gasteiger partial charge in [0.05, 0.1) is 0 Å². The van der Waals surface area contributed by atoms with Gasteiger partial charge in [-0.3, -0.25) is 0 Å². The lowest BCUT2D eigenvalue weighted by Crippen LogP contribution is -2.36. The van der Waals surface area contributed by atoms with Crippen LogP contribution in [0.1, 0.15) is 32.6 Å². The third kappa shape index (κ3) is 6.13. The second kappa shape index (κ2) is 8.08. The minimum Gasteiger partial charge on any atom is -0.396 e. The Bertz CT molecular complexity index is 147. The standard InChI is InChI=1S/C12H26N2O/c1-11(10-15)4-2-6-13-8-12-5-3-7-14-9-12/h11-15H,2-10H2,1H3. The summed E-state index contributed by atoms with van der Waals surface area (Å²) >= 11 is 0. The van der Waals surface area contributed by atoms with Gasteiger partial charge in [0.25, 0.3) is 0 Å². The van der Waals surface area contributed by atoms with Gasteiger partial charge in [0.1, 0.15) is 0 Å². The molecule has 1 rings (SSSR count). The first-order valence-corrected chi connectivity index (χ1v) is 6.35. The number of aliphatic hydroxyl groups is 1. The van der Waals surface area contributed by atoms with Crippen LogP contribution in [0, 0.1) is 11.8 Å². The molecule has 0 aliphatic carbocycles. The first-order chi connectivity index (χ1) is 7.33. The van der Waals surface area contributed by atoms with Crippen molar-refractivity contribution in [2.75, 3.05) is 32.8 Å². The van der Waals surface area contributed by atoms with E-state index in [0.29, 0.717) is 12.5 Å². The number of nitrogens with one attached hydrogen (secondary N) is 2. The molecule has 0 bridgehead atoms. The highest BCUT2D eigenvalue weighted by Gasteiger charge is 2.11. The highest BCUT2D eigenvalue weighted by molar-refractivity contribution is 4.70. The van der Waals surface area contributed by atoms with Gasteiger partial charge in [-0.2, -0.15) is 0 Å². The van der Waals surface area contributed by atoms with Crippen molar-refractivity contribution in [3.05, 3.63) is 0 Å². The van der Waals surface area contributed by atoms with Crippen LogP contribution >= 0.6 is 0 Å². The molecule has 0 radical (unpaired) electrons. The quantitative estimate of drug-likeness (QED) is 0.554. The lowest BCUT2D eigenvalue weighted by molar-refractivity contribution is 0.227. The molecule has 0 aromatic carbocycles. The van der Waals surface area contributed by atoms with Crippen LogP contribution in [0.3, 0.4) is 0 Å². The van der Waals surface area contributed by atoms with Gasteiger partial charge < -0.3 is 15.7 Å². The summed E-state index contributed by atoms with van der Waals surface area (Å²) in [6.45, 7) is 7.06. The summed E-state index contributed by atoms with van der Waals surface area (Å²) in [4.78, 5) is 0. The molecule has 0 saturated carbocycles. The fourth-order valence-corrected chi connectivity index (χ4v) is 2.07. The summed E-state index contributed by atoms with van der Waals surface area (Å²) in [6, 6.07) is 0. The SMILES string of the molecule is CC(CO)CCCNCC1CCCNC1. The summed E-state index contributed by atoms with van der Waals surface area (Å²) in [5.74, 6) is 1.29. The molecular formula is C12H26N2O. The van der Waals surface area contributed by atoms with E-state index in [1.807, 2.05) is 0 Å². The molecular weight excluding hydrogens is 188 g/mol. The van der Waals surface area contributed by atoms with Gasteiger partial charge in [-0.05, 0) is 63.7 Å². The van der Waals surface area contributed by atoms with E-state index in [9.17, 15) is 0 Å². The zero-order chi connectivity index (χ0) is 10.9. The minimum atomic E-state index is 0.326. The fourth-order valence-electron chi connectivity index (χ4n) is 2.07. The van der Waals surface area contributed by atoms with Crippen LogP contribution in [0.2, 0.25) is 0 Å². The Hall–Kier alpha value is -0.120. The van der Waals surface area contributed by atoms with Gasteiger partial charge in [0, 0.05) is 6.61 Å². The van der Waals surface area contributed by atoms with E-state index < -0.39 is 0 Å². The smallest absolute Gasteiger partial charge is 0.0456 e. The van der Waals surface area contributed by atoms with Gasteiger partial charge >= 0.3 is 0 Å². The molecule has 15 heavy (non-hydrogen) atoms. The van der Waals surface area contributed by atoms with E-state index in [4.69, 9.17) is 5.11 Å². The lowest BCUT2D eigenvalue weighted by Gasteiger charge is -2.23. The lowest BCUT2D eigenvalue weighted by atomic mass is 9.99. The molecule has 0 spiro atoms. The van der Waals surface area contributed by atoms with Crippen molar-refractivity contribution in [1.29, 1.82) is 0 Å². The van der Waals surface area contributed by atoms with E-state index in [0.717, 1.165) is 25.4 Å². The second-order valence-corrected chi connectivity index (χ2v) is 4.85. The molecule has 0 amide bonds. The molecule has 2 atom stereocenters. The monoisotopic (exact) mass is 214 g/mol. The average Bonchev–Trinajstić information content (AvgIpc) is 2.29. The van der Waals surface area contributed by atoms with Gasteiger partial charge in [0.15, 0.2) is 0 Å².